The number of hydrogen-bond donors (Lipinski definition) is 0. The van der Waals surface area contributed by atoms with Crippen molar-refractivity contribution in [1.29, 1.82) is 0 Å². The number of nitrogens with zero attached hydrogens (tertiary/aromatic N) is 2. The number of ether oxygens (including phenoxy) is 1. The molecular formula is C23H28N2O4. The first-order chi connectivity index (χ1) is 13.8. The summed E-state index contributed by atoms with van der Waals surface area (Å²) in [4.78, 5) is 39.0. The van der Waals surface area contributed by atoms with Crippen LogP contribution in [0.2, 0.25) is 0 Å². The molecular weight excluding hydrogens is 368 g/mol. The van der Waals surface area contributed by atoms with E-state index < -0.39 is 11.9 Å². The molecule has 1 fully saturated rings. The Hall–Kier alpha value is -2.89. The maximum absolute atomic E-state index is 12.6. The van der Waals surface area contributed by atoms with Gasteiger partial charge in [0.2, 0.25) is 11.7 Å². The van der Waals surface area contributed by atoms with Gasteiger partial charge in [-0.25, -0.2) is 0 Å². The Balaban J connectivity index is 1.60. The topological polar surface area (TPSA) is 68.6 Å². The normalized spacial score (nSPS) is 16.3. The fourth-order valence-electron chi connectivity index (χ4n) is 3.82. The predicted molar refractivity (Wildman–Crippen MR) is 111 cm³/mol. The number of benzene rings is 1. The smallest absolute Gasteiger partial charge is 0.311 e. The van der Waals surface area contributed by atoms with Crippen LogP contribution in [-0.4, -0.2) is 35.4 Å². The monoisotopic (exact) mass is 396 g/mol. The number of aryl methyl sites for hydroxylation is 2. The number of ketones is 1. The maximum atomic E-state index is 12.6. The molecule has 0 radical (unpaired) electrons. The molecule has 0 spiro atoms. The van der Waals surface area contributed by atoms with Gasteiger partial charge in [0.05, 0.1) is 5.92 Å². The molecule has 6 nitrogen and oxygen atoms in total. The van der Waals surface area contributed by atoms with Gasteiger partial charge in [0, 0.05) is 42.1 Å². The zero-order valence-electron chi connectivity index (χ0n) is 17.5. The number of esters is 1. The van der Waals surface area contributed by atoms with Crippen LogP contribution in [0.15, 0.2) is 30.3 Å². The summed E-state index contributed by atoms with van der Waals surface area (Å²) >= 11 is 0. The van der Waals surface area contributed by atoms with E-state index in [1.165, 1.54) is 0 Å². The fraction of sp³-hybridized carbons (Fsp3) is 0.435. The first-order valence-corrected chi connectivity index (χ1v) is 10.1. The van der Waals surface area contributed by atoms with Gasteiger partial charge in [-0.2, -0.15) is 0 Å². The van der Waals surface area contributed by atoms with Crippen LogP contribution in [0.3, 0.4) is 0 Å². The molecule has 0 aliphatic carbocycles. The van der Waals surface area contributed by atoms with Crippen LogP contribution < -0.4 is 4.90 Å². The molecule has 1 aromatic carbocycles. The number of hydrogen-bond acceptors (Lipinski definition) is 4. The fourth-order valence-corrected chi connectivity index (χ4v) is 3.82. The summed E-state index contributed by atoms with van der Waals surface area (Å²) in [5.74, 6) is -1.37. The van der Waals surface area contributed by atoms with Gasteiger partial charge in [-0.3, -0.25) is 14.4 Å². The highest BCUT2D eigenvalue weighted by molar-refractivity contribution is 6.01. The van der Waals surface area contributed by atoms with Gasteiger partial charge in [0.1, 0.15) is 0 Å². The number of anilines is 1. The highest BCUT2D eigenvalue weighted by Gasteiger charge is 2.36. The minimum absolute atomic E-state index is 0.103. The number of aromatic nitrogens is 1. The molecule has 1 aromatic heterocycles. The van der Waals surface area contributed by atoms with E-state index in [2.05, 4.69) is 11.5 Å². The Morgan fingerprint density at radius 3 is 2.48 bits per heavy atom. The molecule has 0 bridgehead atoms. The van der Waals surface area contributed by atoms with Crippen molar-refractivity contribution in [2.24, 2.45) is 5.92 Å². The van der Waals surface area contributed by atoms with Gasteiger partial charge in [-0.1, -0.05) is 24.6 Å². The largest absolute Gasteiger partial charge is 0.457 e. The Kier molecular flexibility index (Phi) is 6.20. The average Bonchev–Trinajstić information content (AvgIpc) is 3.22. The molecule has 29 heavy (non-hydrogen) atoms. The molecule has 0 saturated carbocycles. The molecule has 1 saturated heterocycles. The summed E-state index contributed by atoms with van der Waals surface area (Å²) in [5.41, 5.74) is 4.39. The number of rotatable bonds is 7. The van der Waals surface area contributed by atoms with Crippen molar-refractivity contribution in [3.8, 4) is 0 Å². The lowest BCUT2D eigenvalue weighted by Gasteiger charge is -2.16. The average molecular weight is 396 g/mol. The number of amides is 1. The van der Waals surface area contributed by atoms with E-state index in [1.54, 1.807) is 4.90 Å². The van der Waals surface area contributed by atoms with Gasteiger partial charge in [-0.05, 0) is 45.4 Å². The summed E-state index contributed by atoms with van der Waals surface area (Å²) in [6, 6.07) is 9.45. The molecule has 3 rings (SSSR count). The van der Waals surface area contributed by atoms with E-state index in [4.69, 9.17) is 4.74 Å². The minimum Gasteiger partial charge on any atom is -0.457 e. The first-order valence-electron chi connectivity index (χ1n) is 10.1. The molecule has 0 unspecified atom stereocenters. The second-order valence-electron chi connectivity index (χ2n) is 7.71. The minimum atomic E-state index is -0.552. The van der Waals surface area contributed by atoms with Crippen LogP contribution in [0.4, 0.5) is 5.69 Å². The Bertz CT molecular complexity index is 927. The SMILES string of the molecule is CCCn1c(C)cc(C(=O)COC(=O)[C@@H]2CC(=O)N(c3ccc(C)cc3)C2)c1C. The van der Waals surface area contributed by atoms with E-state index in [-0.39, 0.29) is 31.3 Å². The molecule has 0 N–H and O–H groups in total. The van der Waals surface area contributed by atoms with Gasteiger partial charge < -0.3 is 14.2 Å². The molecule has 2 heterocycles. The lowest BCUT2D eigenvalue weighted by atomic mass is 10.1. The summed E-state index contributed by atoms with van der Waals surface area (Å²) < 4.78 is 7.38. The van der Waals surface area contributed by atoms with Crippen LogP contribution in [-0.2, 0) is 20.9 Å². The van der Waals surface area contributed by atoms with Gasteiger partial charge in [0.15, 0.2) is 6.61 Å². The Labute approximate surface area is 171 Å². The maximum Gasteiger partial charge on any atom is 0.311 e. The molecule has 1 aliphatic rings. The van der Waals surface area contributed by atoms with Crippen LogP contribution in [0.5, 0.6) is 0 Å². The molecule has 2 aromatic rings. The van der Waals surface area contributed by atoms with Crippen LogP contribution in [0.25, 0.3) is 0 Å². The Morgan fingerprint density at radius 1 is 1.14 bits per heavy atom. The molecule has 6 heteroatoms. The summed E-state index contributed by atoms with van der Waals surface area (Å²) in [6.45, 7) is 8.77. The van der Waals surface area contributed by atoms with Crippen LogP contribution in [0.1, 0.15) is 47.1 Å². The van der Waals surface area contributed by atoms with Crippen molar-refractivity contribution in [3.63, 3.8) is 0 Å². The van der Waals surface area contributed by atoms with E-state index in [0.29, 0.717) is 5.56 Å². The third-order valence-electron chi connectivity index (χ3n) is 5.47. The standard InChI is InChI=1S/C23H28N2O4/c1-5-10-24-16(3)11-20(17(24)4)21(26)14-29-23(28)18-12-22(27)25(13-18)19-8-6-15(2)7-9-19/h6-9,11,18H,5,10,12-14H2,1-4H3/t18-/m1/s1. The second kappa shape index (κ2) is 8.64. The van der Waals surface area contributed by atoms with Crippen molar-refractivity contribution in [1.82, 2.24) is 4.57 Å². The van der Waals surface area contributed by atoms with E-state index in [9.17, 15) is 14.4 Å². The number of Topliss-reactive ketones (excluding diaryl/α,β-unsaturated/α-hetero) is 1. The first kappa shape index (κ1) is 20.8. The summed E-state index contributed by atoms with van der Waals surface area (Å²) in [5, 5.41) is 0. The zero-order chi connectivity index (χ0) is 21.1. The molecule has 154 valence electrons. The molecule has 1 atom stereocenters. The van der Waals surface area contributed by atoms with Crippen molar-refractivity contribution in [3.05, 3.63) is 52.8 Å². The lowest BCUT2D eigenvalue weighted by molar-refractivity contribution is -0.147. The number of carbonyl (C=O) groups is 3. The third kappa shape index (κ3) is 4.42. The molecule has 1 amide bonds. The van der Waals surface area contributed by atoms with Crippen molar-refractivity contribution < 1.29 is 19.1 Å². The zero-order valence-corrected chi connectivity index (χ0v) is 17.5. The highest BCUT2D eigenvalue weighted by atomic mass is 16.5. The van der Waals surface area contributed by atoms with Crippen molar-refractivity contribution in [2.45, 2.75) is 47.1 Å². The van der Waals surface area contributed by atoms with Gasteiger partial charge >= 0.3 is 5.97 Å². The quantitative estimate of drug-likeness (QED) is 0.530. The van der Waals surface area contributed by atoms with E-state index in [0.717, 1.165) is 35.6 Å². The lowest BCUT2D eigenvalue weighted by Crippen LogP contribution is -2.27. The van der Waals surface area contributed by atoms with Crippen molar-refractivity contribution >= 4 is 23.3 Å². The summed E-state index contributed by atoms with van der Waals surface area (Å²) in [6.07, 6.45) is 1.08. The van der Waals surface area contributed by atoms with Gasteiger partial charge in [-0.15, -0.1) is 0 Å². The Morgan fingerprint density at radius 2 is 1.83 bits per heavy atom. The van der Waals surface area contributed by atoms with Gasteiger partial charge in [0.25, 0.3) is 0 Å². The number of carbonyl (C=O) groups excluding carboxylic acids is 3. The third-order valence-corrected chi connectivity index (χ3v) is 5.47. The molecule has 1 aliphatic heterocycles. The van der Waals surface area contributed by atoms with E-state index in [1.807, 2.05) is 51.1 Å². The highest BCUT2D eigenvalue weighted by Crippen LogP contribution is 2.26. The second-order valence-corrected chi connectivity index (χ2v) is 7.71. The van der Waals surface area contributed by atoms with Crippen LogP contribution in [0, 0.1) is 26.7 Å². The van der Waals surface area contributed by atoms with Crippen molar-refractivity contribution in [2.75, 3.05) is 18.1 Å². The predicted octanol–water partition coefficient (Wildman–Crippen LogP) is 3.60. The summed E-state index contributed by atoms with van der Waals surface area (Å²) in [7, 11) is 0. The van der Waals surface area contributed by atoms with E-state index >= 15 is 0 Å². The van der Waals surface area contributed by atoms with Crippen LogP contribution >= 0.6 is 0 Å².